The topological polar surface area (TPSA) is 41.5 Å². The van der Waals surface area contributed by atoms with Gasteiger partial charge in [0.05, 0.1) is 6.10 Å². The molecule has 106 valence electrons. The minimum atomic E-state index is -0.396. The Morgan fingerprint density at radius 2 is 2.21 bits per heavy atom. The van der Waals surface area contributed by atoms with Crippen LogP contribution in [-0.2, 0) is 6.54 Å². The van der Waals surface area contributed by atoms with Crippen LogP contribution in [0.4, 0.5) is 0 Å². The maximum absolute atomic E-state index is 9.63. The van der Waals surface area contributed by atoms with Crippen molar-refractivity contribution in [2.24, 2.45) is 0 Å². The predicted molar refractivity (Wildman–Crippen MR) is 80.5 cm³/mol. The van der Waals surface area contributed by atoms with Gasteiger partial charge < -0.3 is 15.2 Å². The fourth-order valence-electron chi connectivity index (χ4n) is 1.98. The molecule has 0 amide bonds. The van der Waals surface area contributed by atoms with E-state index in [0.29, 0.717) is 19.1 Å². The normalized spacial score (nSPS) is 16.4. The highest BCUT2D eigenvalue weighted by Crippen LogP contribution is 2.29. The van der Waals surface area contributed by atoms with E-state index < -0.39 is 6.10 Å². The molecule has 1 aliphatic rings. The van der Waals surface area contributed by atoms with Crippen molar-refractivity contribution in [2.45, 2.75) is 51.8 Å². The summed E-state index contributed by atoms with van der Waals surface area (Å²) in [6, 6.07) is 4.82. The van der Waals surface area contributed by atoms with Crippen molar-refractivity contribution in [3.05, 3.63) is 27.7 Å². The van der Waals surface area contributed by atoms with Crippen molar-refractivity contribution in [3.63, 3.8) is 0 Å². The first-order chi connectivity index (χ1) is 9.10. The van der Waals surface area contributed by atoms with Crippen molar-refractivity contribution in [1.82, 2.24) is 5.32 Å². The zero-order valence-electron chi connectivity index (χ0n) is 11.6. The van der Waals surface area contributed by atoms with Gasteiger partial charge in [-0.2, -0.15) is 0 Å². The molecule has 0 aliphatic heterocycles. The molecule has 0 saturated heterocycles. The van der Waals surface area contributed by atoms with Gasteiger partial charge in [-0.25, -0.2) is 0 Å². The van der Waals surface area contributed by atoms with Gasteiger partial charge in [0.1, 0.15) is 12.4 Å². The number of rotatable bonds is 7. The van der Waals surface area contributed by atoms with Crippen molar-refractivity contribution in [2.75, 3.05) is 6.61 Å². The van der Waals surface area contributed by atoms with Crippen LogP contribution in [0.15, 0.2) is 16.6 Å². The molecule has 1 saturated carbocycles. The summed E-state index contributed by atoms with van der Waals surface area (Å²) >= 11 is 3.53. The third kappa shape index (κ3) is 4.48. The van der Waals surface area contributed by atoms with Gasteiger partial charge in [-0.15, -0.1) is 0 Å². The van der Waals surface area contributed by atoms with Crippen molar-refractivity contribution < 1.29 is 9.84 Å². The van der Waals surface area contributed by atoms with Gasteiger partial charge >= 0.3 is 0 Å². The predicted octanol–water partition coefficient (Wildman–Crippen LogP) is 3.16. The highest BCUT2D eigenvalue weighted by molar-refractivity contribution is 9.10. The van der Waals surface area contributed by atoms with Gasteiger partial charge in [0, 0.05) is 22.6 Å². The first kappa shape index (κ1) is 14.8. The molecule has 0 aromatic heterocycles. The molecule has 0 heterocycles. The lowest BCUT2D eigenvalue weighted by atomic mass is 10.1. The van der Waals surface area contributed by atoms with Gasteiger partial charge in [0.25, 0.3) is 0 Å². The maximum Gasteiger partial charge on any atom is 0.126 e. The molecule has 1 unspecified atom stereocenters. The second kappa shape index (κ2) is 6.73. The fraction of sp³-hybridized carbons (Fsp3) is 0.600. The zero-order valence-corrected chi connectivity index (χ0v) is 13.2. The van der Waals surface area contributed by atoms with Crippen LogP contribution >= 0.6 is 15.9 Å². The molecule has 3 nitrogen and oxygen atoms in total. The SMILES string of the molecule is CCC(O)COc1c(C)cc(Br)cc1CNC1CC1. The number of aliphatic hydroxyl groups is 1. The summed E-state index contributed by atoms with van der Waals surface area (Å²) in [6.45, 7) is 5.18. The minimum Gasteiger partial charge on any atom is -0.490 e. The van der Waals surface area contributed by atoms with E-state index in [-0.39, 0.29) is 0 Å². The summed E-state index contributed by atoms with van der Waals surface area (Å²) in [7, 11) is 0. The van der Waals surface area contributed by atoms with E-state index in [1.807, 2.05) is 19.9 Å². The highest BCUT2D eigenvalue weighted by Gasteiger charge is 2.21. The number of ether oxygens (including phenoxy) is 1. The van der Waals surface area contributed by atoms with E-state index in [0.717, 1.165) is 27.9 Å². The molecule has 1 aromatic carbocycles. The standard InChI is InChI=1S/C15H22BrNO2/c1-3-14(18)9-19-15-10(2)6-12(16)7-11(15)8-17-13-4-5-13/h6-7,13-14,17-18H,3-5,8-9H2,1-2H3. The molecule has 0 bridgehead atoms. The van der Waals surface area contributed by atoms with Crippen LogP contribution in [-0.4, -0.2) is 23.9 Å². The summed E-state index contributed by atoms with van der Waals surface area (Å²) in [5.74, 6) is 0.906. The van der Waals surface area contributed by atoms with Crippen LogP contribution in [0, 0.1) is 6.92 Å². The monoisotopic (exact) mass is 327 g/mol. The molecule has 2 N–H and O–H groups in total. The Morgan fingerprint density at radius 1 is 1.47 bits per heavy atom. The van der Waals surface area contributed by atoms with Gasteiger partial charge in [-0.3, -0.25) is 0 Å². The molecule has 4 heteroatoms. The Labute approximate surface area is 123 Å². The molecular formula is C15H22BrNO2. The van der Waals surface area contributed by atoms with E-state index in [4.69, 9.17) is 4.74 Å². The molecule has 1 aromatic rings. The Bertz CT molecular complexity index is 432. The lowest BCUT2D eigenvalue weighted by Gasteiger charge is -2.17. The van der Waals surface area contributed by atoms with Crippen LogP contribution in [0.25, 0.3) is 0 Å². The number of hydrogen-bond acceptors (Lipinski definition) is 3. The summed E-state index contributed by atoms with van der Waals surface area (Å²) in [5, 5.41) is 13.1. The van der Waals surface area contributed by atoms with E-state index in [2.05, 4.69) is 27.3 Å². The van der Waals surface area contributed by atoms with Crippen LogP contribution in [0.2, 0.25) is 0 Å². The number of benzene rings is 1. The molecular weight excluding hydrogens is 306 g/mol. The van der Waals surface area contributed by atoms with E-state index in [1.165, 1.54) is 12.8 Å². The van der Waals surface area contributed by atoms with E-state index in [1.54, 1.807) is 0 Å². The average molecular weight is 328 g/mol. The Kier molecular flexibility index (Phi) is 5.25. The van der Waals surface area contributed by atoms with Crippen LogP contribution < -0.4 is 10.1 Å². The quantitative estimate of drug-likeness (QED) is 0.808. The Balaban J connectivity index is 2.08. The molecule has 0 radical (unpaired) electrons. The molecule has 0 spiro atoms. The smallest absolute Gasteiger partial charge is 0.126 e. The summed E-state index contributed by atoms with van der Waals surface area (Å²) in [6.07, 6.45) is 2.87. The minimum absolute atomic E-state index is 0.357. The number of hydrogen-bond donors (Lipinski definition) is 2. The summed E-state index contributed by atoms with van der Waals surface area (Å²) in [5.41, 5.74) is 2.26. The second-order valence-electron chi connectivity index (χ2n) is 5.24. The van der Waals surface area contributed by atoms with Gasteiger partial charge in [0.2, 0.25) is 0 Å². The highest BCUT2D eigenvalue weighted by atomic mass is 79.9. The first-order valence-corrected chi connectivity index (χ1v) is 7.72. The molecule has 1 fully saturated rings. The number of nitrogens with one attached hydrogen (secondary N) is 1. The van der Waals surface area contributed by atoms with Crippen molar-refractivity contribution in [1.29, 1.82) is 0 Å². The lowest BCUT2D eigenvalue weighted by Crippen LogP contribution is -2.19. The van der Waals surface area contributed by atoms with Gasteiger partial charge in [-0.05, 0) is 43.9 Å². The largest absolute Gasteiger partial charge is 0.490 e. The number of halogens is 1. The maximum atomic E-state index is 9.63. The van der Waals surface area contributed by atoms with Crippen LogP contribution in [0.3, 0.4) is 0 Å². The average Bonchev–Trinajstić information content (AvgIpc) is 3.18. The third-order valence-corrected chi connectivity index (χ3v) is 3.82. The zero-order chi connectivity index (χ0) is 13.8. The molecule has 19 heavy (non-hydrogen) atoms. The lowest BCUT2D eigenvalue weighted by molar-refractivity contribution is 0.103. The van der Waals surface area contributed by atoms with Crippen LogP contribution in [0.1, 0.15) is 37.3 Å². The van der Waals surface area contributed by atoms with Crippen molar-refractivity contribution >= 4 is 15.9 Å². The molecule has 1 atom stereocenters. The van der Waals surface area contributed by atoms with E-state index in [9.17, 15) is 5.11 Å². The van der Waals surface area contributed by atoms with Gasteiger partial charge in [0.15, 0.2) is 0 Å². The molecule has 2 rings (SSSR count). The second-order valence-corrected chi connectivity index (χ2v) is 6.15. The Hall–Kier alpha value is -0.580. The van der Waals surface area contributed by atoms with Crippen LogP contribution in [0.5, 0.6) is 5.75 Å². The Morgan fingerprint density at radius 3 is 2.84 bits per heavy atom. The summed E-state index contributed by atoms with van der Waals surface area (Å²) < 4.78 is 6.89. The third-order valence-electron chi connectivity index (χ3n) is 3.37. The first-order valence-electron chi connectivity index (χ1n) is 6.93. The van der Waals surface area contributed by atoms with Crippen molar-refractivity contribution in [3.8, 4) is 5.75 Å². The number of aliphatic hydroxyl groups excluding tert-OH is 1. The van der Waals surface area contributed by atoms with E-state index >= 15 is 0 Å². The number of aryl methyl sites for hydroxylation is 1. The molecule has 1 aliphatic carbocycles. The van der Waals surface area contributed by atoms with Gasteiger partial charge in [-0.1, -0.05) is 22.9 Å². The summed E-state index contributed by atoms with van der Waals surface area (Å²) in [4.78, 5) is 0. The fourth-order valence-corrected chi connectivity index (χ4v) is 2.60.